The summed E-state index contributed by atoms with van der Waals surface area (Å²) in [7, 11) is 10.5. The molecule has 0 spiro atoms. The number of carbonyl (C=O) groups excluding carboxylic acids is 7. The molecular formula is C67H98ClN13O20. The highest BCUT2D eigenvalue weighted by Crippen LogP contribution is 2.39. The van der Waals surface area contributed by atoms with Crippen LogP contribution in [0.5, 0.6) is 23.0 Å². The number of nitrogens with zero attached hydrogens (tertiary/aromatic N) is 5. The Morgan fingerprint density at radius 3 is 1.16 bits per heavy atom. The zero-order valence-corrected chi connectivity index (χ0v) is 61.4. The summed E-state index contributed by atoms with van der Waals surface area (Å²) >= 11 is 5.70. The quantitative estimate of drug-likeness (QED) is 0.0160. The number of hydrogen-bond acceptors (Lipinski definition) is 25. The molecule has 7 rings (SSSR count). The maximum Gasteiger partial charge on any atom is 0.407 e. The average molecular weight is 1440 g/mol. The van der Waals surface area contributed by atoms with Gasteiger partial charge in [0.15, 0.2) is 28.0 Å². The standard InChI is InChI=1S/C19H28N4O6.C19H30N4O4.C10H12N2O4.C10H20N2O2.C9H8ClNO4/c1-19(2,3)29-18(25)21-13-7-6-8-22(11-13)17(24)12-9-14(23(26)27)16(20-4)15(10-12)28-5;1-19(2,3)27-18(25)22-13-7-6-8-23(11-13)17(24)12-9-14(20)16(21-4)15(10-12)26-5;1-6(13)7-4-8(12(14)15)10(11-2)9(5-7)16-3;1-10(2,3)14-9(13)12-8-5-4-6-11-7-8;1-5(12)6-3-7(11(13)14)9(10)8(4-6)15-2/h9-10,13,20H,6-8,11H2,1-5H3,(H,21,25);9-10,13,21H,6-8,11,20H2,1-5H3,(H,22,25);4-5,11H,1-3H3;8,11H,4-7H2,1-3H3,(H,12,13);3-4H,1-2H3/t2*13-;;8-;/m11.1./s1. The third kappa shape index (κ3) is 27.5. The fourth-order valence-corrected chi connectivity index (χ4v) is 10.5. The number of amides is 5. The Morgan fingerprint density at radius 2 is 0.822 bits per heavy atom. The fraction of sp³-hybridized carbons (Fsp3) is 0.537. The van der Waals surface area contributed by atoms with Gasteiger partial charge in [-0.2, -0.15) is 0 Å². The maximum absolute atomic E-state index is 13.0. The van der Waals surface area contributed by atoms with Crippen LogP contribution in [0.1, 0.15) is 156 Å². The van der Waals surface area contributed by atoms with Gasteiger partial charge in [-0.1, -0.05) is 11.6 Å². The number of benzene rings is 4. The van der Waals surface area contributed by atoms with Crippen molar-refractivity contribution in [1.29, 1.82) is 0 Å². The summed E-state index contributed by atoms with van der Waals surface area (Å²) in [5.41, 5.74) is 6.34. The summed E-state index contributed by atoms with van der Waals surface area (Å²) in [6.45, 7) is 22.8. The number of anilines is 4. The van der Waals surface area contributed by atoms with E-state index in [1.54, 1.807) is 63.8 Å². The van der Waals surface area contributed by atoms with Crippen LogP contribution in [0.15, 0.2) is 48.5 Å². The second-order valence-electron chi connectivity index (χ2n) is 26.1. The van der Waals surface area contributed by atoms with Gasteiger partial charge >= 0.3 is 18.3 Å². The molecular weight excluding hydrogens is 1340 g/mol. The summed E-state index contributed by atoms with van der Waals surface area (Å²) in [5, 5.41) is 52.9. The molecule has 3 fully saturated rings. The van der Waals surface area contributed by atoms with Crippen molar-refractivity contribution in [2.24, 2.45) is 0 Å². The molecule has 101 heavy (non-hydrogen) atoms. The van der Waals surface area contributed by atoms with Gasteiger partial charge in [-0.25, -0.2) is 14.4 Å². The van der Waals surface area contributed by atoms with Crippen molar-refractivity contribution in [2.45, 2.75) is 150 Å². The fourth-order valence-electron chi connectivity index (χ4n) is 10.2. The van der Waals surface area contributed by atoms with E-state index < -0.39 is 43.8 Å². The van der Waals surface area contributed by atoms with Crippen LogP contribution in [-0.2, 0) is 14.2 Å². The lowest BCUT2D eigenvalue weighted by atomic mass is 10.0. The molecule has 4 aromatic rings. The molecule has 3 saturated heterocycles. The number of nitro groups is 3. The predicted octanol–water partition coefficient (Wildman–Crippen LogP) is 10.8. The molecule has 0 radical (unpaired) electrons. The number of Topliss-reactive ketones (excluding diaryl/α,β-unsaturated/α-hetero) is 2. The number of carbonyl (C=O) groups is 7. The molecule has 3 atom stereocenters. The molecule has 0 bridgehead atoms. The molecule has 33 nitrogen and oxygen atoms in total. The topological polar surface area (TPSA) is 430 Å². The van der Waals surface area contributed by atoms with E-state index in [0.29, 0.717) is 61.7 Å². The van der Waals surface area contributed by atoms with E-state index in [0.717, 1.165) is 44.8 Å². The maximum atomic E-state index is 13.0. The summed E-state index contributed by atoms with van der Waals surface area (Å²) in [6, 6.07) is 11.1. The molecule has 0 saturated carbocycles. The Bertz CT molecular complexity index is 3590. The number of nitro benzene ring substituents is 3. The van der Waals surface area contributed by atoms with Crippen LogP contribution in [0.2, 0.25) is 5.02 Å². The number of ether oxygens (including phenoxy) is 7. The Kier molecular flexibility index (Phi) is 32.8. The van der Waals surface area contributed by atoms with Crippen molar-refractivity contribution in [2.75, 3.05) is 111 Å². The highest BCUT2D eigenvalue weighted by molar-refractivity contribution is 6.34. The predicted molar refractivity (Wildman–Crippen MR) is 382 cm³/mol. The number of nitrogen functional groups attached to an aromatic ring is 1. The van der Waals surface area contributed by atoms with Gasteiger partial charge in [0, 0.05) is 107 Å². The van der Waals surface area contributed by atoms with Gasteiger partial charge in [0.25, 0.3) is 28.9 Å². The minimum Gasteiger partial charge on any atom is -0.495 e. The van der Waals surface area contributed by atoms with E-state index in [4.69, 9.17) is 50.5 Å². The van der Waals surface area contributed by atoms with Crippen LogP contribution >= 0.6 is 11.6 Å². The Hall–Kier alpha value is -10.2. The van der Waals surface area contributed by atoms with Gasteiger partial charge in [-0.3, -0.25) is 49.5 Å². The number of hydrogen-bond donors (Lipinski definition) is 8. The molecule has 0 aliphatic carbocycles. The molecule has 34 heteroatoms. The molecule has 3 aliphatic rings. The van der Waals surface area contributed by atoms with E-state index in [-0.39, 0.29) is 115 Å². The number of halogens is 1. The van der Waals surface area contributed by atoms with Gasteiger partial charge in [-0.15, -0.1) is 0 Å². The lowest BCUT2D eigenvalue weighted by Gasteiger charge is -2.33. The van der Waals surface area contributed by atoms with Gasteiger partial charge in [0.2, 0.25) is 0 Å². The second-order valence-corrected chi connectivity index (χ2v) is 26.5. The van der Waals surface area contributed by atoms with Crippen molar-refractivity contribution >= 4 is 93.1 Å². The molecule has 4 aromatic carbocycles. The molecule has 0 aromatic heterocycles. The van der Waals surface area contributed by atoms with E-state index in [1.165, 1.54) is 72.6 Å². The van der Waals surface area contributed by atoms with Crippen molar-refractivity contribution in [3.05, 3.63) is 106 Å². The van der Waals surface area contributed by atoms with Crippen molar-refractivity contribution in [1.82, 2.24) is 31.1 Å². The van der Waals surface area contributed by atoms with Crippen LogP contribution in [0.4, 0.5) is 54.2 Å². The van der Waals surface area contributed by atoms with Crippen molar-refractivity contribution in [3.8, 4) is 23.0 Å². The lowest BCUT2D eigenvalue weighted by molar-refractivity contribution is -0.384. The number of alkyl carbamates (subject to hydrolysis) is 3. The Morgan fingerprint density at radius 1 is 0.495 bits per heavy atom. The van der Waals surface area contributed by atoms with Gasteiger partial charge in [0.1, 0.15) is 39.8 Å². The number of piperidine rings is 3. The number of nitrogens with one attached hydrogen (secondary N) is 7. The molecule has 0 unspecified atom stereocenters. The lowest BCUT2D eigenvalue weighted by Crippen LogP contribution is -2.50. The van der Waals surface area contributed by atoms with Gasteiger partial charge in [-0.05, 0) is 152 Å². The molecule has 3 heterocycles. The highest BCUT2D eigenvalue weighted by Gasteiger charge is 2.32. The highest BCUT2D eigenvalue weighted by atomic mass is 35.5. The summed E-state index contributed by atoms with van der Waals surface area (Å²) in [6.07, 6.45) is 3.84. The first kappa shape index (κ1) is 85.0. The first-order chi connectivity index (χ1) is 47.1. The second kappa shape index (κ2) is 39.0. The minimum atomic E-state index is -0.655. The zero-order chi connectivity index (χ0) is 76.4. The third-order valence-corrected chi connectivity index (χ3v) is 15.1. The molecule has 3 aliphatic heterocycles. The van der Waals surface area contributed by atoms with Crippen LogP contribution in [-0.4, -0.2) is 190 Å². The van der Waals surface area contributed by atoms with Crippen molar-refractivity contribution < 1.29 is 81.5 Å². The van der Waals surface area contributed by atoms with E-state index in [1.807, 2.05) is 41.5 Å². The number of likely N-dealkylation sites (tertiary alicyclic amines) is 2. The average Bonchev–Trinajstić information content (AvgIpc) is 0.819. The Labute approximate surface area is 592 Å². The number of methoxy groups -OCH3 is 4. The van der Waals surface area contributed by atoms with Crippen molar-refractivity contribution in [3.63, 3.8) is 0 Å². The third-order valence-electron chi connectivity index (χ3n) is 14.7. The normalized spacial score (nSPS) is 15.6. The number of nitrogens with two attached hydrogens (primary N) is 1. The summed E-state index contributed by atoms with van der Waals surface area (Å²) < 4.78 is 36.1. The molecule has 5 amide bonds. The van der Waals surface area contributed by atoms with Crippen LogP contribution < -0.4 is 61.9 Å². The number of ketones is 2. The SMILES string of the molecule is CC(C)(C)OC(=O)N[C@@H]1CCCNC1.CNc1c(N)cc(C(=O)N2CCC[C@@H](NC(=O)OC(C)(C)C)C2)cc1OC.CNc1c(OC)cc(C(=O)N2CCC[C@@H](NC(=O)OC(C)(C)C)C2)cc1[N+](=O)[O-].CNc1c(OC)cc(C(C)=O)cc1[N+](=O)[O-].COc1cc(C(C)=O)cc([N+](=O)[O-])c1Cl. The number of rotatable bonds is 17. The van der Waals surface area contributed by atoms with E-state index in [9.17, 15) is 63.9 Å². The summed E-state index contributed by atoms with van der Waals surface area (Å²) in [5.74, 6) is 0.102. The van der Waals surface area contributed by atoms with Crippen LogP contribution in [0.25, 0.3) is 0 Å². The monoisotopic (exact) mass is 1440 g/mol. The smallest absolute Gasteiger partial charge is 0.407 e. The van der Waals surface area contributed by atoms with E-state index >= 15 is 0 Å². The van der Waals surface area contributed by atoms with Gasteiger partial charge in [0.05, 0.1) is 60.1 Å². The van der Waals surface area contributed by atoms with Crippen LogP contribution in [0, 0.1) is 30.3 Å². The van der Waals surface area contributed by atoms with E-state index in [2.05, 4.69) is 37.2 Å². The zero-order valence-electron chi connectivity index (χ0n) is 60.7. The van der Waals surface area contributed by atoms with Gasteiger partial charge < -0.3 is 85.9 Å². The summed E-state index contributed by atoms with van der Waals surface area (Å²) in [4.78, 5) is 118. The molecule has 558 valence electrons. The van der Waals surface area contributed by atoms with Crippen LogP contribution in [0.3, 0.4) is 0 Å². The minimum absolute atomic E-state index is 0.104. The molecule has 9 N–H and O–H groups in total. The Balaban J connectivity index is 0.000000340. The largest absolute Gasteiger partial charge is 0.495 e. The first-order valence-electron chi connectivity index (χ1n) is 32.2. The first-order valence-corrected chi connectivity index (χ1v) is 32.6.